The van der Waals surface area contributed by atoms with Crippen LogP contribution in [0, 0.1) is 0 Å². The first-order chi connectivity index (χ1) is 28.0. The highest BCUT2D eigenvalue weighted by atomic mass is 16.6. The summed E-state index contributed by atoms with van der Waals surface area (Å²) >= 11 is 0. The lowest BCUT2D eigenvalue weighted by atomic mass is 10.1. The molecule has 1 unspecified atom stereocenters. The second kappa shape index (κ2) is 45.3. The van der Waals surface area contributed by atoms with Gasteiger partial charge in [-0.3, -0.25) is 14.4 Å². The molecule has 0 aromatic heterocycles. The second-order valence-corrected chi connectivity index (χ2v) is 14.9. The molecule has 0 saturated heterocycles. The minimum atomic E-state index is -0.833. The average Bonchev–Trinajstić information content (AvgIpc) is 3.21. The number of carbonyl (C=O) groups excluding carboxylic acids is 3. The van der Waals surface area contributed by atoms with Gasteiger partial charge < -0.3 is 14.2 Å². The van der Waals surface area contributed by atoms with Crippen LogP contribution >= 0.6 is 0 Å². The molecule has 6 nitrogen and oxygen atoms in total. The standard InChI is InChI=1S/C51H84O6/c1-4-7-10-13-16-19-21-23-24-25-26-27-28-30-32-35-38-41-44-50(53)56-47-48(46-55-49(52)43-40-37-34-31-18-15-12-9-6-3)57-51(54)45-42-39-36-33-29-22-20-17-14-11-8-5-2/h8-9,11-12,17-18,20,26-27,29,31,33,37,40,48H,4-7,10,13-16,19,21-25,28,30,32,34-36,38-39,41-47H2,1-3H3/b11-8-,12-9-,20-17-,27-26-,31-18-,33-29-,40-37-. The average molecular weight is 793 g/mol. The van der Waals surface area contributed by atoms with Gasteiger partial charge in [0, 0.05) is 12.8 Å². The predicted octanol–water partition coefficient (Wildman–Crippen LogP) is 14.9. The molecule has 0 rings (SSSR count). The van der Waals surface area contributed by atoms with Gasteiger partial charge in [-0.1, -0.05) is 176 Å². The Balaban J connectivity index is 4.43. The number of rotatable bonds is 40. The van der Waals surface area contributed by atoms with Crippen molar-refractivity contribution in [3.05, 3.63) is 85.1 Å². The summed E-state index contributed by atoms with van der Waals surface area (Å²) in [7, 11) is 0. The molecule has 0 heterocycles. The zero-order chi connectivity index (χ0) is 41.5. The Labute approximate surface area is 350 Å². The van der Waals surface area contributed by atoms with Crippen molar-refractivity contribution in [3.8, 4) is 0 Å². The predicted molar refractivity (Wildman–Crippen MR) is 242 cm³/mol. The first kappa shape index (κ1) is 53.6. The summed E-state index contributed by atoms with van der Waals surface area (Å²) in [5.41, 5.74) is 0. The molecule has 0 bridgehead atoms. The summed E-state index contributed by atoms with van der Waals surface area (Å²) in [5, 5.41) is 0. The van der Waals surface area contributed by atoms with E-state index < -0.39 is 12.1 Å². The van der Waals surface area contributed by atoms with Crippen LogP contribution in [0.3, 0.4) is 0 Å². The molecule has 0 fully saturated rings. The molecule has 324 valence electrons. The third-order valence-electron chi connectivity index (χ3n) is 9.40. The van der Waals surface area contributed by atoms with E-state index in [0.29, 0.717) is 12.8 Å². The molecule has 6 heteroatoms. The first-order valence-corrected chi connectivity index (χ1v) is 23.1. The van der Waals surface area contributed by atoms with E-state index in [1.807, 2.05) is 6.08 Å². The number of carbonyl (C=O) groups is 3. The number of hydrogen-bond donors (Lipinski definition) is 0. The SMILES string of the molecule is CC/C=C\C/C=C\C/C=C\CCCCC(=O)OC(COC(=O)C/C=C\C/C=C\C/C=C\CC)COC(=O)CCCCCCC/C=C\CCCCCCCCCCC. The minimum Gasteiger partial charge on any atom is -0.462 e. The summed E-state index contributed by atoms with van der Waals surface area (Å²) in [6.07, 6.45) is 57.6. The molecule has 0 aliphatic carbocycles. The van der Waals surface area contributed by atoms with Gasteiger partial charge in [-0.2, -0.15) is 0 Å². The van der Waals surface area contributed by atoms with Crippen LogP contribution in [0.25, 0.3) is 0 Å². The molecular weight excluding hydrogens is 709 g/mol. The van der Waals surface area contributed by atoms with Crippen LogP contribution in [0.4, 0.5) is 0 Å². The van der Waals surface area contributed by atoms with E-state index in [4.69, 9.17) is 14.2 Å². The number of ether oxygens (including phenoxy) is 3. The van der Waals surface area contributed by atoms with Gasteiger partial charge in [0.05, 0.1) is 6.42 Å². The Morgan fingerprint density at radius 2 is 0.754 bits per heavy atom. The summed E-state index contributed by atoms with van der Waals surface area (Å²) < 4.78 is 16.5. The van der Waals surface area contributed by atoms with Crippen LogP contribution in [0.2, 0.25) is 0 Å². The molecule has 0 aliphatic heterocycles. The summed E-state index contributed by atoms with van der Waals surface area (Å²) in [4.78, 5) is 37.6. The summed E-state index contributed by atoms with van der Waals surface area (Å²) in [6.45, 7) is 6.24. The highest BCUT2D eigenvalue weighted by Gasteiger charge is 2.19. The third-order valence-corrected chi connectivity index (χ3v) is 9.40. The Morgan fingerprint density at radius 1 is 0.386 bits per heavy atom. The number of hydrogen-bond acceptors (Lipinski definition) is 6. The fourth-order valence-corrected chi connectivity index (χ4v) is 5.98. The smallest absolute Gasteiger partial charge is 0.309 e. The lowest BCUT2D eigenvalue weighted by molar-refractivity contribution is -0.166. The van der Waals surface area contributed by atoms with E-state index in [1.54, 1.807) is 6.08 Å². The molecule has 0 N–H and O–H groups in total. The van der Waals surface area contributed by atoms with Gasteiger partial charge in [-0.25, -0.2) is 0 Å². The van der Waals surface area contributed by atoms with E-state index in [9.17, 15) is 14.4 Å². The van der Waals surface area contributed by atoms with Crippen LogP contribution in [-0.4, -0.2) is 37.2 Å². The highest BCUT2D eigenvalue weighted by Crippen LogP contribution is 2.13. The van der Waals surface area contributed by atoms with Gasteiger partial charge in [-0.05, 0) is 89.9 Å². The summed E-state index contributed by atoms with van der Waals surface area (Å²) in [6, 6.07) is 0. The van der Waals surface area contributed by atoms with Crippen LogP contribution in [0.1, 0.15) is 201 Å². The van der Waals surface area contributed by atoms with E-state index in [-0.39, 0.29) is 38.0 Å². The van der Waals surface area contributed by atoms with E-state index >= 15 is 0 Å². The molecule has 1 atom stereocenters. The zero-order valence-electron chi connectivity index (χ0n) is 36.8. The lowest BCUT2D eigenvalue weighted by Gasteiger charge is -2.18. The molecule has 0 amide bonds. The Hall–Kier alpha value is -3.41. The van der Waals surface area contributed by atoms with Gasteiger partial charge in [0.1, 0.15) is 13.2 Å². The molecular formula is C51H84O6. The maximum absolute atomic E-state index is 12.7. The van der Waals surface area contributed by atoms with Crippen molar-refractivity contribution in [2.75, 3.05) is 13.2 Å². The van der Waals surface area contributed by atoms with Crippen molar-refractivity contribution in [1.82, 2.24) is 0 Å². The fourth-order valence-electron chi connectivity index (χ4n) is 5.98. The van der Waals surface area contributed by atoms with Crippen molar-refractivity contribution in [2.24, 2.45) is 0 Å². The highest BCUT2D eigenvalue weighted by molar-refractivity contribution is 5.72. The maximum atomic E-state index is 12.7. The largest absolute Gasteiger partial charge is 0.462 e. The number of esters is 3. The fraction of sp³-hybridized carbons (Fsp3) is 0.667. The van der Waals surface area contributed by atoms with Crippen molar-refractivity contribution in [1.29, 1.82) is 0 Å². The quantitative estimate of drug-likeness (QED) is 0.0266. The third kappa shape index (κ3) is 43.6. The first-order valence-electron chi connectivity index (χ1n) is 23.1. The van der Waals surface area contributed by atoms with Gasteiger partial charge in [0.2, 0.25) is 0 Å². The number of allylic oxidation sites excluding steroid dienone is 13. The zero-order valence-corrected chi connectivity index (χ0v) is 36.8. The van der Waals surface area contributed by atoms with Crippen molar-refractivity contribution >= 4 is 17.9 Å². The van der Waals surface area contributed by atoms with Crippen molar-refractivity contribution in [3.63, 3.8) is 0 Å². The van der Waals surface area contributed by atoms with E-state index in [0.717, 1.165) is 83.5 Å². The van der Waals surface area contributed by atoms with E-state index in [2.05, 4.69) is 93.7 Å². The monoisotopic (exact) mass is 793 g/mol. The normalized spacial score (nSPS) is 12.8. The van der Waals surface area contributed by atoms with Crippen LogP contribution < -0.4 is 0 Å². The molecule has 57 heavy (non-hydrogen) atoms. The van der Waals surface area contributed by atoms with Gasteiger partial charge in [0.25, 0.3) is 0 Å². The Morgan fingerprint density at radius 3 is 1.28 bits per heavy atom. The second-order valence-electron chi connectivity index (χ2n) is 14.9. The van der Waals surface area contributed by atoms with Crippen molar-refractivity contribution < 1.29 is 28.6 Å². The maximum Gasteiger partial charge on any atom is 0.309 e. The molecule has 0 spiro atoms. The lowest BCUT2D eigenvalue weighted by Crippen LogP contribution is -2.30. The molecule has 0 radical (unpaired) electrons. The van der Waals surface area contributed by atoms with Gasteiger partial charge in [-0.15, -0.1) is 0 Å². The van der Waals surface area contributed by atoms with Gasteiger partial charge in [0.15, 0.2) is 6.10 Å². The number of unbranched alkanes of at least 4 members (excludes halogenated alkanes) is 16. The Kier molecular flexibility index (Phi) is 42.6. The van der Waals surface area contributed by atoms with Crippen LogP contribution in [0.5, 0.6) is 0 Å². The molecule has 0 aromatic rings. The molecule has 0 saturated carbocycles. The topological polar surface area (TPSA) is 78.9 Å². The molecule has 0 aliphatic rings. The van der Waals surface area contributed by atoms with E-state index in [1.165, 1.54) is 70.6 Å². The van der Waals surface area contributed by atoms with Crippen molar-refractivity contribution in [2.45, 2.75) is 207 Å². The Bertz CT molecular complexity index is 1140. The minimum absolute atomic E-state index is 0.124. The molecule has 0 aromatic carbocycles. The van der Waals surface area contributed by atoms with Gasteiger partial charge >= 0.3 is 17.9 Å². The van der Waals surface area contributed by atoms with Crippen LogP contribution in [-0.2, 0) is 28.6 Å². The van der Waals surface area contributed by atoms with Crippen LogP contribution in [0.15, 0.2) is 85.1 Å². The summed E-state index contributed by atoms with van der Waals surface area (Å²) in [5.74, 6) is -1.11.